The third-order valence-corrected chi connectivity index (χ3v) is 3.85. The van der Waals surface area contributed by atoms with Crippen molar-refractivity contribution in [1.82, 2.24) is 14.9 Å². The monoisotopic (exact) mass is 340 g/mol. The Morgan fingerprint density at radius 3 is 2.86 bits per heavy atom. The number of benzene rings is 1. The van der Waals surface area contributed by atoms with Crippen LogP contribution < -0.4 is 10.2 Å². The summed E-state index contributed by atoms with van der Waals surface area (Å²) in [6.45, 7) is 5.56. The minimum Gasteiger partial charge on any atom is -0.483 e. The Balaban J connectivity index is 1.97. The highest BCUT2D eigenvalue weighted by Crippen LogP contribution is 2.21. The van der Waals surface area contributed by atoms with E-state index in [4.69, 9.17) is 16.3 Å². The predicted molar refractivity (Wildman–Crippen MR) is 87.2 cm³/mol. The number of rotatable bonds is 6. The lowest BCUT2D eigenvalue weighted by Gasteiger charge is -2.12. The second kappa shape index (κ2) is 7.51. The lowest BCUT2D eigenvalue weighted by atomic mass is 10.2. The Bertz CT molecular complexity index is 675. The van der Waals surface area contributed by atoms with Gasteiger partial charge in [-0.1, -0.05) is 30.3 Å². The quantitative estimate of drug-likeness (QED) is 0.819. The van der Waals surface area contributed by atoms with E-state index < -0.39 is 0 Å². The van der Waals surface area contributed by atoms with E-state index in [1.54, 1.807) is 29.8 Å². The van der Waals surface area contributed by atoms with Crippen molar-refractivity contribution in [3.8, 4) is 5.75 Å². The average Bonchev–Trinajstić information content (AvgIpc) is 2.80. The van der Waals surface area contributed by atoms with Gasteiger partial charge in [0, 0.05) is 5.02 Å². The average molecular weight is 341 g/mol. The molecular formula is C14H17ClN4O2S. The lowest BCUT2D eigenvalue weighted by molar-refractivity contribution is -0.119. The van der Waals surface area contributed by atoms with Crippen molar-refractivity contribution in [3.63, 3.8) is 0 Å². The van der Waals surface area contributed by atoms with E-state index >= 15 is 0 Å². The van der Waals surface area contributed by atoms with Gasteiger partial charge in [0.1, 0.15) is 11.6 Å². The second-order valence-electron chi connectivity index (χ2n) is 4.53. The number of carbonyl (C=O) groups excluding carboxylic acids is 1. The van der Waals surface area contributed by atoms with Gasteiger partial charge in [0.15, 0.2) is 6.61 Å². The first-order chi connectivity index (χ1) is 10.5. The summed E-state index contributed by atoms with van der Waals surface area (Å²) in [5, 5.41) is 9.24. The molecule has 2 rings (SSSR count). The molecule has 8 heteroatoms. The molecule has 6 nitrogen and oxygen atoms in total. The predicted octanol–water partition coefficient (Wildman–Crippen LogP) is 2.81. The van der Waals surface area contributed by atoms with E-state index in [1.807, 2.05) is 13.8 Å². The van der Waals surface area contributed by atoms with Crippen LogP contribution in [0.4, 0.5) is 0 Å². The van der Waals surface area contributed by atoms with Crippen molar-refractivity contribution in [2.75, 3.05) is 17.8 Å². The smallest absolute Gasteiger partial charge is 0.276 e. The molecule has 1 aromatic carbocycles. The van der Waals surface area contributed by atoms with Crippen molar-refractivity contribution in [3.05, 3.63) is 34.6 Å². The number of aryl methyl sites for hydroxylation is 2. The molecule has 118 valence electrons. The number of hydrogen-bond donors (Lipinski definition) is 1. The van der Waals surface area contributed by atoms with Crippen LogP contribution in [-0.4, -0.2) is 33.1 Å². The normalized spacial score (nSPS) is 10.5. The largest absolute Gasteiger partial charge is 0.483 e. The van der Waals surface area contributed by atoms with E-state index in [1.165, 1.54) is 11.8 Å². The van der Waals surface area contributed by atoms with Crippen LogP contribution in [0.15, 0.2) is 23.4 Å². The molecule has 0 saturated carbocycles. The van der Waals surface area contributed by atoms with Gasteiger partial charge in [-0.2, -0.15) is 0 Å². The fourth-order valence-electron chi connectivity index (χ4n) is 1.77. The molecule has 0 spiro atoms. The fraction of sp³-hybridized carbons (Fsp3) is 0.357. The maximum absolute atomic E-state index is 12.0. The first-order valence-electron chi connectivity index (χ1n) is 6.75. The van der Waals surface area contributed by atoms with Crippen molar-refractivity contribution in [2.45, 2.75) is 25.9 Å². The Hall–Kier alpha value is -1.73. The topological polar surface area (TPSA) is 69.0 Å². The zero-order chi connectivity index (χ0) is 16.1. The molecule has 22 heavy (non-hydrogen) atoms. The van der Waals surface area contributed by atoms with Crippen LogP contribution in [0.1, 0.15) is 18.3 Å². The van der Waals surface area contributed by atoms with E-state index in [2.05, 4.69) is 15.6 Å². The zero-order valence-electron chi connectivity index (χ0n) is 12.6. The van der Waals surface area contributed by atoms with Gasteiger partial charge in [-0.25, -0.2) is 4.68 Å². The van der Waals surface area contributed by atoms with Crippen LogP contribution >= 0.6 is 23.4 Å². The molecule has 0 atom stereocenters. The molecule has 0 radical (unpaired) electrons. The summed E-state index contributed by atoms with van der Waals surface area (Å²) in [5.74, 6) is 1.81. The zero-order valence-corrected chi connectivity index (χ0v) is 14.2. The van der Waals surface area contributed by atoms with Crippen LogP contribution in [-0.2, 0) is 4.79 Å². The standard InChI is InChI=1S/C14H17ClN4O2S/c1-4-22-14-17-16-10(3)19(14)18-13(20)8-21-12-6-5-11(15)7-9(12)2/h5-7H,4,8H2,1-3H3,(H,18,20). The number of aromatic nitrogens is 3. The summed E-state index contributed by atoms with van der Waals surface area (Å²) >= 11 is 7.39. The van der Waals surface area contributed by atoms with E-state index in [9.17, 15) is 4.79 Å². The summed E-state index contributed by atoms with van der Waals surface area (Å²) in [4.78, 5) is 12.0. The number of thioether (sulfide) groups is 1. The van der Waals surface area contributed by atoms with Gasteiger partial charge >= 0.3 is 0 Å². The summed E-state index contributed by atoms with van der Waals surface area (Å²) in [7, 11) is 0. The summed E-state index contributed by atoms with van der Waals surface area (Å²) in [6.07, 6.45) is 0. The van der Waals surface area contributed by atoms with Crippen LogP contribution in [0.3, 0.4) is 0 Å². The lowest BCUT2D eigenvalue weighted by Crippen LogP contribution is -2.29. The Labute approximate surface area is 138 Å². The summed E-state index contributed by atoms with van der Waals surface area (Å²) < 4.78 is 7.07. The highest BCUT2D eigenvalue weighted by Gasteiger charge is 2.12. The number of nitrogens with zero attached hydrogens (tertiary/aromatic N) is 3. The van der Waals surface area contributed by atoms with Gasteiger partial charge in [-0.05, 0) is 43.4 Å². The maximum atomic E-state index is 12.0. The number of carbonyl (C=O) groups is 1. The summed E-state index contributed by atoms with van der Waals surface area (Å²) in [6, 6.07) is 5.25. The number of amides is 1. The summed E-state index contributed by atoms with van der Waals surface area (Å²) in [5.41, 5.74) is 3.60. The van der Waals surface area contributed by atoms with Crippen molar-refractivity contribution >= 4 is 29.3 Å². The van der Waals surface area contributed by atoms with Crippen molar-refractivity contribution < 1.29 is 9.53 Å². The minimum atomic E-state index is -0.282. The highest BCUT2D eigenvalue weighted by atomic mass is 35.5. The third-order valence-electron chi connectivity index (χ3n) is 2.80. The number of nitrogens with one attached hydrogen (secondary N) is 1. The van der Waals surface area contributed by atoms with E-state index in [0.717, 1.165) is 11.3 Å². The Kier molecular flexibility index (Phi) is 5.68. The molecule has 0 bridgehead atoms. The molecule has 0 unspecified atom stereocenters. The Morgan fingerprint density at radius 1 is 1.41 bits per heavy atom. The molecule has 1 heterocycles. The van der Waals surface area contributed by atoms with Crippen LogP contribution in [0.2, 0.25) is 5.02 Å². The first-order valence-corrected chi connectivity index (χ1v) is 8.11. The molecule has 0 aliphatic heterocycles. The first kappa shape index (κ1) is 16.6. The van der Waals surface area contributed by atoms with Gasteiger partial charge < -0.3 is 4.74 Å². The molecule has 0 aliphatic carbocycles. The van der Waals surface area contributed by atoms with Gasteiger partial charge in [-0.15, -0.1) is 10.2 Å². The molecule has 0 fully saturated rings. The van der Waals surface area contributed by atoms with E-state index in [-0.39, 0.29) is 12.5 Å². The number of ether oxygens (including phenoxy) is 1. The molecule has 1 N–H and O–H groups in total. The second-order valence-corrected chi connectivity index (χ2v) is 6.20. The van der Waals surface area contributed by atoms with Gasteiger partial charge in [0.25, 0.3) is 5.91 Å². The number of hydrogen-bond acceptors (Lipinski definition) is 5. The Morgan fingerprint density at radius 2 is 2.18 bits per heavy atom. The SMILES string of the molecule is CCSc1nnc(C)n1NC(=O)COc1ccc(Cl)cc1C. The molecule has 1 amide bonds. The van der Waals surface area contributed by atoms with Crippen LogP contribution in [0.25, 0.3) is 0 Å². The maximum Gasteiger partial charge on any atom is 0.276 e. The minimum absolute atomic E-state index is 0.101. The van der Waals surface area contributed by atoms with E-state index in [0.29, 0.717) is 21.8 Å². The van der Waals surface area contributed by atoms with Crippen LogP contribution in [0, 0.1) is 13.8 Å². The molecular weight excluding hydrogens is 324 g/mol. The van der Waals surface area contributed by atoms with Gasteiger partial charge in [0.2, 0.25) is 5.16 Å². The van der Waals surface area contributed by atoms with Gasteiger partial charge in [0.05, 0.1) is 0 Å². The highest BCUT2D eigenvalue weighted by molar-refractivity contribution is 7.99. The third kappa shape index (κ3) is 4.14. The van der Waals surface area contributed by atoms with Crippen molar-refractivity contribution in [2.24, 2.45) is 0 Å². The number of halogens is 1. The van der Waals surface area contributed by atoms with Gasteiger partial charge in [-0.3, -0.25) is 10.2 Å². The van der Waals surface area contributed by atoms with Crippen molar-refractivity contribution in [1.29, 1.82) is 0 Å². The van der Waals surface area contributed by atoms with Crippen LogP contribution in [0.5, 0.6) is 5.75 Å². The molecule has 0 saturated heterocycles. The molecule has 1 aromatic heterocycles. The molecule has 2 aromatic rings. The molecule has 0 aliphatic rings. The fourth-order valence-corrected chi connectivity index (χ4v) is 2.66.